The van der Waals surface area contributed by atoms with Gasteiger partial charge in [-0.2, -0.15) is 10.2 Å². The number of rotatable bonds is 20. The Morgan fingerprint density at radius 1 is 0.566 bits per heavy atom. The topological polar surface area (TPSA) is 212 Å². The van der Waals surface area contributed by atoms with E-state index in [9.17, 15) is 39.6 Å². The van der Waals surface area contributed by atoms with E-state index < -0.39 is 50.1 Å². The number of carboxylic acid groups (broad SMARTS) is 4. The summed E-state index contributed by atoms with van der Waals surface area (Å²) >= 11 is 0. The van der Waals surface area contributed by atoms with Crippen LogP contribution in [0.15, 0.2) is 60.7 Å². The molecule has 53 heavy (non-hydrogen) atoms. The minimum Gasteiger partial charge on any atom is -0.549 e. The van der Waals surface area contributed by atoms with Crippen LogP contribution in [0.4, 0.5) is 0 Å². The zero-order chi connectivity index (χ0) is 35.5. The number of aromatic nitrogens is 4. The molecule has 0 amide bonds. The fraction of sp³-hybridized carbons (Fsp3) is 0.353. The molecule has 0 aliphatic rings. The number of benzene rings is 2. The number of hydrogen-bond acceptors (Lipinski definition) is 13. The van der Waals surface area contributed by atoms with Crippen LogP contribution in [0.2, 0.25) is 0 Å². The molecule has 0 unspecified atom stereocenters. The molecule has 260 valence electrons. The number of ether oxygens (including phenoxy) is 1. The minimum absolute atomic E-state index is 0. The van der Waals surface area contributed by atoms with Crippen molar-refractivity contribution in [3.05, 3.63) is 83.2 Å². The van der Waals surface area contributed by atoms with E-state index in [4.69, 9.17) is 14.9 Å². The van der Waals surface area contributed by atoms with Crippen LogP contribution >= 0.6 is 0 Å². The first-order valence-electron chi connectivity index (χ1n) is 15.5. The predicted molar refractivity (Wildman–Crippen MR) is 166 cm³/mol. The number of nitrogens with zero attached hydrogens (tertiary/aromatic N) is 6. The first kappa shape index (κ1) is 51.6. The Morgan fingerprint density at radius 2 is 0.868 bits per heavy atom. The van der Waals surface area contributed by atoms with Crippen LogP contribution in [0.3, 0.4) is 0 Å². The van der Waals surface area contributed by atoms with Gasteiger partial charge in [0.2, 0.25) is 0 Å². The third kappa shape index (κ3) is 15.9. The van der Waals surface area contributed by atoms with Crippen LogP contribution in [0.5, 0.6) is 0 Å². The van der Waals surface area contributed by atoms with E-state index in [0.29, 0.717) is 11.4 Å². The van der Waals surface area contributed by atoms with Crippen molar-refractivity contribution in [2.45, 2.75) is 40.2 Å². The van der Waals surface area contributed by atoms with Crippen LogP contribution in [0.1, 0.15) is 22.5 Å². The summed E-state index contributed by atoms with van der Waals surface area (Å²) in [6, 6.07) is 18.9. The average molecular weight is 765 g/mol. The van der Waals surface area contributed by atoms with Gasteiger partial charge in [0.15, 0.2) is 0 Å². The largest absolute Gasteiger partial charge is 1.00 e. The van der Waals surface area contributed by atoms with Crippen molar-refractivity contribution in [3.63, 3.8) is 0 Å². The normalized spacial score (nSPS) is 10.5. The molecule has 19 heteroatoms. The number of aliphatic carboxylic acids is 4. The van der Waals surface area contributed by atoms with Crippen molar-refractivity contribution < 1.29 is 163 Å². The molecule has 0 aliphatic heterocycles. The summed E-state index contributed by atoms with van der Waals surface area (Å²) in [5.74, 6) is -5.62. The van der Waals surface area contributed by atoms with Gasteiger partial charge in [-0.25, -0.2) is 0 Å². The summed E-state index contributed by atoms with van der Waals surface area (Å²) in [5.41, 5.74) is 6.02. The molecule has 0 saturated carbocycles. The van der Waals surface area contributed by atoms with Gasteiger partial charge in [0.05, 0.1) is 61.6 Å². The van der Waals surface area contributed by atoms with Crippen LogP contribution in [0.25, 0.3) is 22.5 Å². The molecule has 0 N–H and O–H groups in total. The molecule has 4 aromatic rings. The van der Waals surface area contributed by atoms with Crippen LogP contribution < -0.4 is 139 Å². The van der Waals surface area contributed by atoms with E-state index in [1.54, 1.807) is 9.36 Å². The zero-order valence-corrected chi connectivity index (χ0v) is 39.2. The molecular weight excluding hydrogens is 728 g/mol. The molecule has 0 bridgehead atoms. The molecular formula is C34H36N6Na4O9. The van der Waals surface area contributed by atoms with Crippen LogP contribution in [0, 0.1) is 13.8 Å². The predicted octanol–water partition coefficient (Wildman–Crippen LogP) is -14.6. The SMILES string of the molecule is Cc1c(COCc2c(-c3ccccc3)nn(CCN(CC(=O)[O-])CC(=O)[O-])c2C)c(-c2ccccc2)nn1CCN(CC(=O)[O-])CC(=O)[O-].[Na+].[Na+].[Na+].[Na+]. The molecule has 0 aliphatic carbocycles. The first-order valence-corrected chi connectivity index (χ1v) is 15.5. The Kier molecular flexibility index (Phi) is 25.0. The van der Waals surface area contributed by atoms with E-state index in [0.717, 1.165) is 33.6 Å². The van der Waals surface area contributed by atoms with Gasteiger partial charge in [0.1, 0.15) is 0 Å². The maximum atomic E-state index is 11.2. The van der Waals surface area contributed by atoms with Gasteiger partial charge < -0.3 is 44.3 Å². The van der Waals surface area contributed by atoms with Crippen molar-refractivity contribution >= 4 is 23.9 Å². The minimum atomic E-state index is -1.40. The zero-order valence-electron chi connectivity index (χ0n) is 31.2. The summed E-state index contributed by atoms with van der Waals surface area (Å²) in [5, 5.41) is 54.2. The Balaban J connectivity index is 0.00000676. The smallest absolute Gasteiger partial charge is 0.549 e. The van der Waals surface area contributed by atoms with E-state index in [2.05, 4.69) is 0 Å². The third-order valence-corrected chi connectivity index (χ3v) is 7.92. The van der Waals surface area contributed by atoms with Gasteiger partial charge in [-0.15, -0.1) is 0 Å². The van der Waals surface area contributed by atoms with Crippen molar-refractivity contribution in [2.24, 2.45) is 0 Å². The molecule has 2 aromatic heterocycles. The van der Waals surface area contributed by atoms with E-state index in [1.807, 2.05) is 74.5 Å². The van der Waals surface area contributed by atoms with E-state index in [1.165, 1.54) is 9.80 Å². The van der Waals surface area contributed by atoms with Gasteiger partial charge in [0, 0.05) is 72.9 Å². The second-order valence-corrected chi connectivity index (χ2v) is 11.4. The summed E-state index contributed by atoms with van der Waals surface area (Å²) in [4.78, 5) is 47.1. The fourth-order valence-corrected chi connectivity index (χ4v) is 5.49. The second-order valence-electron chi connectivity index (χ2n) is 11.4. The Hall–Kier alpha value is -1.38. The summed E-state index contributed by atoms with van der Waals surface area (Å²) < 4.78 is 9.67. The third-order valence-electron chi connectivity index (χ3n) is 7.92. The Bertz CT molecular complexity index is 1620. The average Bonchev–Trinajstić information content (AvgIpc) is 3.53. The van der Waals surface area contributed by atoms with Crippen molar-refractivity contribution in [1.29, 1.82) is 0 Å². The second kappa shape index (κ2) is 25.7. The molecule has 0 atom stereocenters. The number of hydrogen-bond donors (Lipinski definition) is 0. The summed E-state index contributed by atoms with van der Waals surface area (Å²) in [6.07, 6.45) is 0. The van der Waals surface area contributed by atoms with Crippen LogP contribution in [-0.4, -0.2) is 92.5 Å². The van der Waals surface area contributed by atoms with Crippen molar-refractivity contribution in [2.75, 3.05) is 39.3 Å². The number of carbonyl (C=O) groups is 4. The monoisotopic (exact) mass is 764 g/mol. The number of carbonyl (C=O) groups excluding carboxylic acids is 4. The van der Waals surface area contributed by atoms with Gasteiger partial charge in [0.25, 0.3) is 0 Å². The van der Waals surface area contributed by atoms with Gasteiger partial charge >= 0.3 is 118 Å². The van der Waals surface area contributed by atoms with E-state index >= 15 is 0 Å². The number of carboxylic acids is 4. The summed E-state index contributed by atoms with van der Waals surface area (Å²) in [6.45, 7) is 2.23. The molecule has 0 spiro atoms. The van der Waals surface area contributed by atoms with Gasteiger partial charge in [-0.3, -0.25) is 19.2 Å². The molecule has 0 saturated heterocycles. The Labute approximate surface area is 396 Å². The van der Waals surface area contributed by atoms with Crippen molar-refractivity contribution in [3.8, 4) is 22.5 Å². The molecule has 0 radical (unpaired) electrons. The van der Waals surface area contributed by atoms with Gasteiger partial charge in [-0.1, -0.05) is 60.7 Å². The van der Waals surface area contributed by atoms with Gasteiger partial charge in [-0.05, 0) is 13.8 Å². The quantitative estimate of drug-likeness (QED) is 0.0767. The Morgan fingerprint density at radius 3 is 1.15 bits per heavy atom. The van der Waals surface area contributed by atoms with E-state index in [-0.39, 0.29) is 158 Å². The molecule has 0 fully saturated rings. The van der Waals surface area contributed by atoms with Crippen molar-refractivity contribution in [1.82, 2.24) is 29.4 Å². The maximum absolute atomic E-state index is 11.2. The molecule has 15 nitrogen and oxygen atoms in total. The fourth-order valence-electron chi connectivity index (χ4n) is 5.49. The molecule has 2 aromatic carbocycles. The molecule has 4 rings (SSSR count). The maximum Gasteiger partial charge on any atom is 1.00 e. The first-order chi connectivity index (χ1) is 23.4. The standard InChI is InChI=1S/C34H40N6O9.4Na/c1-23-27(33(25-9-5-3-6-10-25)35-39(23)15-13-37(17-29(41)42)18-30(43)44)21-49-22-28-24(2)40(36-34(28)26-11-7-4-8-12-26)16-14-38(19-31(45)46)20-32(47)48;;;;/h3-12H,13-22H2,1-2H3,(H,41,42)(H,43,44)(H,45,46)(H,47,48);;;;/q;4*+1/p-4. The summed E-state index contributed by atoms with van der Waals surface area (Å²) in [7, 11) is 0. The molecule has 2 heterocycles. The van der Waals surface area contributed by atoms with Crippen LogP contribution in [-0.2, 0) is 50.2 Å².